The van der Waals surface area contributed by atoms with Crippen LogP contribution in [0, 0.1) is 0 Å². The number of ether oxygens (including phenoxy) is 1. The van der Waals surface area contributed by atoms with Crippen molar-refractivity contribution in [3.8, 4) is 5.75 Å². The number of carbonyl (C=O) groups excluding carboxylic acids is 2. The maximum atomic E-state index is 12.8. The molecule has 0 saturated carbocycles. The number of rotatable bonds is 6. The highest BCUT2D eigenvalue weighted by atomic mass is 79.9. The number of nitrogens with zero attached hydrogens (tertiary/aromatic N) is 1. The summed E-state index contributed by atoms with van der Waals surface area (Å²) in [4.78, 5) is 27.3. The van der Waals surface area contributed by atoms with Crippen molar-refractivity contribution in [2.75, 3.05) is 22.6 Å². The summed E-state index contributed by atoms with van der Waals surface area (Å²) in [5.74, 6) is 0.908. The lowest BCUT2D eigenvalue weighted by atomic mass is 10.1. The van der Waals surface area contributed by atoms with Gasteiger partial charge < -0.3 is 10.1 Å². The van der Waals surface area contributed by atoms with Crippen LogP contribution in [0.1, 0.15) is 28.2 Å². The molecule has 0 aliphatic carbocycles. The Labute approximate surface area is 193 Å². The van der Waals surface area contributed by atoms with E-state index in [-0.39, 0.29) is 17.2 Å². The molecule has 2 amide bonds. The third-order valence-corrected chi connectivity index (χ3v) is 6.74. The number of nitrogens with one attached hydrogen (secondary N) is 1. The molecule has 158 valence electrons. The van der Waals surface area contributed by atoms with Gasteiger partial charge in [0.05, 0.1) is 23.6 Å². The van der Waals surface area contributed by atoms with Crippen molar-refractivity contribution in [2.45, 2.75) is 12.3 Å². The summed E-state index contributed by atoms with van der Waals surface area (Å²) in [5.41, 5.74) is 2.93. The lowest BCUT2D eigenvalue weighted by molar-refractivity contribution is -0.115. The van der Waals surface area contributed by atoms with Crippen molar-refractivity contribution in [2.24, 2.45) is 0 Å². The number of amides is 2. The predicted octanol–water partition coefficient (Wildman–Crippen LogP) is 5.88. The normalized spacial score (nSPS) is 15.7. The number of benzene rings is 3. The molecule has 1 aliphatic rings. The van der Waals surface area contributed by atoms with Crippen molar-refractivity contribution in [3.63, 3.8) is 0 Å². The van der Waals surface area contributed by atoms with Crippen LogP contribution in [0.25, 0.3) is 0 Å². The molecule has 0 unspecified atom stereocenters. The first-order valence-corrected chi connectivity index (χ1v) is 11.7. The molecule has 1 N–H and O–H groups in total. The molecule has 0 aromatic heterocycles. The average Bonchev–Trinajstić information content (AvgIpc) is 3.16. The van der Waals surface area contributed by atoms with Gasteiger partial charge in [0.15, 0.2) is 0 Å². The zero-order valence-corrected chi connectivity index (χ0v) is 19.3. The fourth-order valence-electron chi connectivity index (χ4n) is 3.48. The average molecular weight is 497 g/mol. The van der Waals surface area contributed by atoms with E-state index in [0.717, 1.165) is 15.7 Å². The van der Waals surface area contributed by atoms with Crippen LogP contribution in [0.15, 0.2) is 77.3 Å². The maximum Gasteiger partial charge on any atom is 0.256 e. The van der Waals surface area contributed by atoms with Gasteiger partial charge in [0.1, 0.15) is 11.1 Å². The van der Waals surface area contributed by atoms with Gasteiger partial charge in [0, 0.05) is 10.2 Å². The Balaban J connectivity index is 1.62. The summed E-state index contributed by atoms with van der Waals surface area (Å²) in [6.45, 7) is 2.44. The number of carbonyl (C=O) groups is 2. The van der Waals surface area contributed by atoms with E-state index in [1.54, 1.807) is 22.7 Å². The molecule has 3 aromatic rings. The van der Waals surface area contributed by atoms with Crippen molar-refractivity contribution < 1.29 is 14.3 Å². The van der Waals surface area contributed by atoms with Crippen LogP contribution in [0.5, 0.6) is 5.75 Å². The molecule has 7 heteroatoms. The van der Waals surface area contributed by atoms with Crippen LogP contribution in [-0.4, -0.2) is 24.2 Å². The number of halogens is 1. The van der Waals surface area contributed by atoms with Crippen LogP contribution in [0.2, 0.25) is 0 Å². The van der Waals surface area contributed by atoms with Crippen molar-refractivity contribution in [1.29, 1.82) is 0 Å². The van der Waals surface area contributed by atoms with Crippen molar-refractivity contribution in [3.05, 3.63) is 88.4 Å². The molecule has 1 aliphatic heterocycles. The Kier molecular flexibility index (Phi) is 6.63. The van der Waals surface area contributed by atoms with E-state index in [2.05, 4.69) is 21.2 Å². The molecule has 31 heavy (non-hydrogen) atoms. The molecule has 5 nitrogen and oxygen atoms in total. The predicted molar refractivity (Wildman–Crippen MR) is 129 cm³/mol. The summed E-state index contributed by atoms with van der Waals surface area (Å²) in [6.07, 6.45) is 0. The third kappa shape index (κ3) is 4.62. The van der Waals surface area contributed by atoms with Gasteiger partial charge in [0.2, 0.25) is 5.91 Å². The monoisotopic (exact) mass is 496 g/mol. The fraction of sp³-hybridized carbons (Fsp3) is 0.167. The molecular formula is C24H21BrN2O3S. The van der Waals surface area contributed by atoms with E-state index in [9.17, 15) is 9.59 Å². The minimum absolute atomic E-state index is 0.0322. The quantitative estimate of drug-likeness (QED) is 0.462. The highest BCUT2D eigenvalue weighted by Gasteiger charge is 2.35. The molecule has 0 radical (unpaired) electrons. The second-order valence-electron chi connectivity index (χ2n) is 6.89. The first-order chi connectivity index (χ1) is 15.1. The molecule has 0 bridgehead atoms. The molecule has 1 saturated heterocycles. The van der Waals surface area contributed by atoms with Crippen LogP contribution in [-0.2, 0) is 4.79 Å². The summed E-state index contributed by atoms with van der Waals surface area (Å²) >= 11 is 4.98. The van der Waals surface area contributed by atoms with Crippen molar-refractivity contribution >= 4 is 50.9 Å². The fourth-order valence-corrected chi connectivity index (χ4v) is 5.10. The minimum Gasteiger partial charge on any atom is -0.492 e. The molecule has 3 aromatic carbocycles. The van der Waals surface area contributed by atoms with Gasteiger partial charge in [-0.15, -0.1) is 11.8 Å². The summed E-state index contributed by atoms with van der Waals surface area (Å²) in [7, 11) is 0. The first-order valence-electron chi connectivity index (χ1n) is 9.90. The Morgan fingerprint density at radius 1 is 1.13 bits per heavy atom. The number of thioether (sulfide) groups is 1. The van der Waals surface area contributed by atoms with Crippen LogP contribution < -0.4 is 15.0 Å². The second kappa shape index (κ2) is 9.58. The molecule has 0 spiro atoms. The Bertz CT molecular complexity index is 1120. The largest absolute Gasteiger partial charge is 0.492 e. The molecule has 1 fully saturated rings. The topological polar surface area (TPSA) is 58.6 Å². The number of anilines is 2. The Morgan fingerprint density at radius 3 is 2.71 bits per heavy atom. The van der Waals surface area contributed by atoms with E-state index in [0.29, 0.717) is 29.4 Å². The van der Waals surface area contributed by atoms with Gasteiger partial charge in [-0.2, -0.15) is 0 Å². The lowest BCUT2D eigenvalue weighted by Crippen LogP contribution is -2.28. The van der Waals surface area contributed by atoms with E-state index in [4.69, 9.17) is 4.74 Å². The number of para-hydroxylation sites is 2. The Hall–Kier alpha value is -2.77. The number of hydrogen-bond acceptors (Lipinski definition) is 4. The highest BCUT2D eigenvalue weighted by molar-refractivity contribution is 9.10. The van der Waals surface area contributed by atoms with Gasteiger partial charge in [0.25, 0.3) is 5.91 Å². The maximum absolute atomic E-state index is 12.8. The smallest absolute Gasteiger partial charge is 0.256 e. The van der Waals surface area contributed by atoms with Crippen LogP contribution in [0.3, 0.4) is 0 Å². The zero-order valence-electron chi connectivity index (χ0n) is 16.9. The highest BCUT2D eigenvalue weighted by Crippen LogP contribution is 2.45. The summed E-state index contributed by atoms with van der Waals surface area (Å²) in [6, 6.07) is 22.5. The molecular weight excluding hydrogens is 476 g/mol. The lowest BCUT2D eigenvalue weighted by Gasteiger charge is -2.26. The first kappa shape index (κ1) is 21.5. The Morgan fingerprint density at radius 2 is 1.90 bits per heavy atom. The van der Waals surface area contributed by atoms with Gasteiger partial charge in [-0.05, 0) is 64.8 Å². The zero-order chi connectivity index (χ0) is 21.8. The van der Waals surface area contributed by atoms with E-state index in [1.807, 2.05) is 73.7 Å². The van der Waals surface area contributed by atoms with Gasteiger partial charge in [-0.1, -0.05) is 36.4 Å². The van der Waals surface area contributed by atoms with Gasteiger partial charge in [-0.25, -0.2) is 0 Å². The van der Waals surface area contributed by atoms with Crippen molar-refractivity contribution in [1.82, 2.24) is 0 Å². The molecule has 4 rings (SSSR count). The van der Waals surface area contributed by atoms with Gasteiger partial charge >= 0.3 is 0 Å². The standard InChI is InChI=1S/C24H21BrN2O3S/c1-2-30-21-13-6-5-12-20(21)27-22(28)15-31-24(27)16-8-7-9-17(14-16)26-23(29)18-10-3-4-11-19(18)25/h3-14,24H,2,15H2,1H3,(H,26,29)/t24-/m1/s1. The van der Waals surface area contributed by atoms with E-state index in [1.165, 1.54) is 0 Å². The summed E-state index contributed by atoms with van der Waals surface area (Å²) in [5, 5.41) is 2.75. The number of hydrogen-bond donors (Lipinski definition) is 1. The third-order valence-electron chi connectivity index (χ3n) is 4.84. The second-order valence-corrected chi connectivity index (χ2v) is 8.81. The van der Waals surface area contributed by atoms with Crippen LogP contribution >= 0.6 is 27.7 Å². The van der Waals surface area contributed by atoms with Crippen LogP contribution in [0.4, 0.5) is 11.4 Å². The van der Waals surface area contributed by atoms with Gasteiger partial charge in [-0.3, -0.25) is 14.5 Å². The molecule has 1 atom stereocenters. The summed E-state index contributed by atoms with van der Waals surface area (Å²) < 4.78 is 6.49. The minimum atomic E-state index is -0.200. The molecule has 1 heterocycles. The van der Waals surface area contributed by atoms with E-state index < -0.39 is 0 Å². The SMILES string of the molecule is CCOc1ccccc1N1C(=O)CS[C@@H]1c1cccc(NC(=O)c2ccccc2Br)c1. The van der Waals surface area contributed by atoms with E-state index >= 15 is 0 Å².